The highest BCUT2D eigenvalue weighted by molar-refractivity contribution is 5.94. The van der Waals surface area contributed by atoms with Crippen LogP contribution in [0.3, 0.4) is 0 Å². The average molecular weight is 559 g/mol. The number of benzene rings is 3. The molecule has 3 aromatic carbocycles. The molecule has 1 heterocycles. The number of hydrogen-bond donors (Lipinski definition) is 1. The van der Waals surface area contributed by atoms with Gasteiger partial charge in [-0.15, -0.1) is 0 Å². The first-order valence-electron chi connectivity index (χ1n) is 14.3. The molecule has 216 valence electrons. The van der Waals surface area contributed by atoms with Gasteiger partial charge < -0.3 is 19.8 Å². The average Bonchev–Trinajstić information content (AvgIpc) is 3.00. The smallest absolute Gasteiger partial charge is 0.253 e. The SMILES string of the molecule is CCN(CC)C(=O)c1ccc([C@H](c2cccc(NC(C=O)CC=O)c2)N2CCN(Cc3ccc(F)cc3)CC2)cc1. The second kappa shape index (κ2) is 14.7. The highest BCUT2D eigenvalue weighted by atomic mass is 19.1. The van der Waals surface area contributed by atoms with Crippen LogP contribution in [-0.4, -0.2) is 78.5 Å². The maximum absolute atomic E-state index is 13.4. The van der Waals surface area contributed by atoms with Crippen molar-refractivity contribution in [1.82, 2.24) is 14.7 Å². The van der Waals surface area contributed by atoms with E-state index in [-0.39, 0.29) is 24.2 Å². The third-order valence-electron chi connectivity index (χ3n) is 7.68. The summed E-state index contributed by atoms with van der Waals surface area (Å²) in [6.07, 6.45) is 1.60. The molecule has 3 aromatic rings. The molecule has 1 N–H and O–H groups in total. The molecule has 41 heavy (non-hydrogen) atoms. The van der Waals surface area contributed by atoms with Crippen LogP contribution in [0.15, 0.2) is 72.8 Å². The highest BCUT2D eigenvalue weighted by Crippen LogP contribution is 2.32. The molecule has 1 amide bonds. The molecule has 7 nitrogen and oxygen atoms in total. The second-order valence-electron chi connectivity index (χ2n) is 10.4. The first kappa shape index (κ1) is 30.1. The summed E-state index contributed by atoms with van der Waals surface area (Å²) in [5.74, 6) is -0.206. The Morgan fingerprint density at radius 3 is 2.22 bits per heavy atom. The van der Waals surface area contributed by atoms with Crippen LogP contribution in [0.2, 0.25) is 0 Å². The summed E-state index contributed by atoms with van der Waals surface area (Å²) in [5.41, 5.74) is 4.66. The Hall–Kier alpha value is -3.88. The molecule has 1 fully saturated rings. The van der Waals surface area contributed by atoms with E-state index in [4.69, 9.17) is 0 Å². The first-order valence-corrected chi connectivity index (χ1v) is 14.3. The Labute approximate surface area is 241 Å². The lowest BCUT2D eigenvalue weighted by Gasteiger charge is -2.40. The Morgan fingerprint density at radius 1 is 0.927 bits per heavy atom. The van der Waals surface area contributed by atoms with Crippen molar-refractivity contribution in [1.29, 1.82) is 0 Å². The summed E-state index contributed by atoms with van der Waals surface area (Å²) in [4.78, 5) is 42.0. The highest BCUT2D eigenvalue weighted by Gasteiger charge is 2.27. The van der Waals surface area contributed by atoms with Crippen LogP contribution in [0, 0.1) is 5.82 Å². The van der Waals surface area contributed by atoms with Gasteiger partial charge in [-0.3, -0.25) is 14.6 Å². The van der Waals surface area contributed by atoms with Crippen molar-refractivity contribution in [3.63, 3.8) is 0 Å². The zero-order valence-corrected chi connectivity index (χ0v) is 23.8. The number of amides is 1. The molecular formula is C33H39FN4O3. The topological polar surface area (TPSA) is 73.0 Å². The van der Waals surface area contributed by atoms with E-state index in [0.29, 0.717) is 18.7 Å². The molecular weight excluding hydrogens is 519 g/mol. The number of piperazine rings is 1. The molecule has 1 saturated heterocycles. The fourth-order valence-corrected chi connectivity index (χ4v) is 5.41. The fraction of sp³-hybridized carbons (Fsp3) is 0.364. The van der Waals surface area contributed by atoms with Crippen LogP contribution in [0.4, 0.5) is 10.1 Å². The standard InChI is InChI=1S/C33H39FN4O3/c1-3-37(4-2)33(41)27-12-10-26(11-13-27)32(28-6-5-7-30(22-28)35-31(24-40)16-21-39)38-19-17-36(18-20-38)23-25-8-14-29(34)15-9-25/h5-15,21-22,24,31-32,35H,3-4,16-20,23H2,1-2H3/t31?,32-/m1/s1. The zero-order chi connectivity index (χ0) is 29.2. The van der Waals surface area contributed by atoms with Crippen molar-refractivity contribution in [2.75, 3.05) is 44.6 Å². The molecule has 1 unspecified atom stereocenters. The summed E-state index contributed by atoms with van der Waals surface area (Å²) in [6.45, 7) is 9.41. The van der Waals surface area contributed by atoms with Gasteiger partial charge in [0.25, 0.3) is 5.91 Å². The molecule has 0 saturated carbocycles. The minimum absolute atomic E-state index is 0.0220. The van der Waals surface area contributed by atoms with E-state index in [1.807, 2.05) is 73.3 Å². The maximum atomic E-state index is 13.4. The number of anilines is 1. The summed E-state index contributed by atoms with van der Waals surface area (Å²) in [6, 6.07) is 21.9. The summed E-state index contributed by atoms with van der Waals surface area (Å²) < 4.78 is 13.4. The van der Waals surface area contributed by atoms with Gasteiger partial charge in [0.1, 0.15) is 18.4 Å². The van der Waals surface area contributed by atoms with Crippen molar-refractivity contribution >= 4 is 24.2 Å². The van der Waals surface area contributed by atoms with Gasteiger partial charge in [-0.05, 0) is 66.9 Å². The van der Waals surface area contributed by atoms with E-state index in [1.54, 1.807) is 0 Å². The van der Waals surface area contributed by atoms with E-state index < -0.39 is 6.04 Å². The number of carbonyl (C=O) groups excluding carboxylic acids is 3. The number of nitrogens with one attached hydrogen (secondary N) is 1. The lowest BCUT2D eigenvalue weighted by molar-refractivity contribution is -0.112. The summed E-state index contributed by atoms with van der Waals surface area (Å²) in [7, 11) is 0. The van der Waals surface area contributed by atoms with Crippen molar-refractivity contribution < 1.29 is 18.8 Å². The van der Waals surface area contributed by atoms with E-state index in [2.05, 4.69) is 21.2 Å². The molecule has 0 radical (unpaired) electrons. The van der Waals surface area contributed by atoms with Crippen LogP contribution < -0.4 is 5.32 Å². The quantitative estimate of drug-likeness (QED) is 0.305. The van der Waals surface area contributed by atoms with Crippen LogP contribution in [0.25, 0.3) is 0 Å². The Balaban J connectivity index is 1.58. The van der Waals surface area contributed by atoms with E-state index in [0.717, 1.165) is 67.7 Å². The van der Waals surface area contributed by atoms with Gasteiger partial charge in [0.2, 0.25) is 0 Å². The lowest BCUT2D eigenvalue weighted by Crippen LogP contribution is -2.47. The third-order valence-corrected chi connectivity index (χ3v) is 7.68. The van der Waals surface area contributed by atoms with Gasteiger partial charge in [-0.1, -0.05) is 36.4 Å². The first-order chi connectivity index (χ1) is 19.9. The molecule has 0 aromatic heterocycles. The molecule has 8 heteroatoms. The van der Waals surface area contributed by atoms with Crippen molar-refractivity contribution in [3.8, 4) is 0 Å². The molecule has 4 rings (SSSR count). The van der Waals surface area contributed by atoms with Crippen molar-refractivity contribution in [2.24, 2.45) is 0 Å². The van der Waals surface area contributed by atoms with E-state index in [1.165, 1.54) is 12.1 Å². The number of aldehydes is 2. The molecule has 1 aliphatic rings. The molecule has 0 bridgehead atoms. The molecule has 0 spiro atoms. The minimum Gasteiger partial charge on any atom is -0.375 e. The fourth-order valence-electron chi connectivity index (χ4n) is 5.41. The number of halogens is 1. The Bertz CT molecular complexity index is 1290. The largest absolute Gasteiger partial charge is 0.375 e. The number of carbonyl (C=O) groups is 3. The molecule has 2 atom stereocenters. The molecule has 0 aliphatic carbocycles. The van der Waals surface area contributed by atoms with Gasteiger partial charge in [-0.2, -0.15) is 0 Å². The van der Waals surface area contributed by atoms with E-state index >= 15 is 0 Å². The third kappa shape index (κ3) is 7.86. The van der Waals surface area contributed by atoms with Gasteiger partial charge in [0.05, 0.1) is 12.1 Å². The van der Waals surface area contributed by atoms with Crippen molar-refractivity contribution in [3.05, 3.63) is 101 Å². The summed E-state index contributed by atoms with van der Waals surface area (Å²) >= 11 is 0. The normalized spacial score (nSPS) is 15.6. The van der Waals surface area contributed by atoms with E-state index in [9.17, 15) is 18.8 Å². The van der Waals surface area contributed by atoms with Crippen LogP contribution in [0.5, 0.6) is 0 Å². The minimum atomic E-state index is -0.582. The lowest BCUT2D eigenvalue weighted by atomic mass is 9.94. The number of hydrogen-bond acceptors (Lipinski definition) is 6. The monoisotopic (exact) mass is 558 g/mol. The predicted octanol–water partition coefficient (Wildman–Crippen LogP) is 4.78. The maximum Gasteiger partial charge on any atom is 0.253 e. The Kier molecular flexibility index (Phi) is 10.8. The van der Waals surface area contributed by atoms with Crippen LogP contribution in [-0.2, 0) is 16.1 Å². The second-order valence-corrected chi connectivity index (χ2v) is 10.4. The Morgan fingerprint density at radius 2 is 1.61 bits per heavy atom. The molecule has 1 aliphatic heterocycles. The van der Waals surface area contributed by atoms with Gasteiger partial charge in [-0.25, -0.2) is 4.39 Å². The van der Waals surface area contributed by atoms with Crippen molar-refractivity contribution in [2.45, 2.75) is 38.9 Å². The van der Waals surface area contributed by atoms with Gasteiger partial charge in [0.15, 0.2) is 0 Å². The summed E-state index contributed by atoms with van der Waals surface area (Å²) in [5, 5.41) is 3.16. The number of nitrogens with zero attached hydrogens (tertiary/aromatic N) is 3. The van der Waals surface area contributed by atoms with Gasteiger partial charge >= 0.3 is 0 Å². The van der Waals surface area contributed by atoms with Gasteiger partial charge in [0, 0.05) is 63.5 Å². The predicted molar refractivity (Wildman–Crippen MR) is 159 cm³/mol. The zero-order valence-electron chi connectivity index (χ0n) is 23.8. The van der Waals surface area contributed by atoms with Crippen LogP contribution >= 0.6 is 0 Å². The number of rotatable bonds is 13. The van der Waals surface area contributed by atoms with Crippen LogP contribution in [0.1, 0.15) is 53.4 Å².